The van der Waals surface area contributed by atoms with E-state index >= 15 is 0 Å². The molecular formula is C15H19N3O3. The summed E-state index contributed by atoms with van der Waals surface area (Å²) >= 11 is 0. The van der Waals surface area contributed by atoms with E-state index < -0.39 is 17.7 Å². The van der Waals surface area contributed by atoms with Crippen LogP contribution in [0, 0.1) is 0 Å². The fourth-order valence-electron chi connectivity index (χ4n) is 1.90. The van der Waals surface area contributed by atoms with Crippen LogP contribution in [0.15, 0.2) is 30.6 Å². The second-order valence-electron chi connectivity index (χ2n) is 5.80. The van der Waals surface area contributed by atoms with Crippen LogP contribution in [0.25, 0.3) is 5.65 Å². The summed E-state index contributed by atoms with van der Waals surface area (Å²) in [5.41, 5.74) is 0.610. The third-order valence-corrected chi connectivity index (χ3v) is 2.91. The highest BCUT2D eigenvalue weighted by Crippen LogP contribution is 2.20. The van der Waals surface area contributed by atoms with Gasteiger partial charge < -0.3 is 13.9 Å². The van der Waals surface area contributed by atoms with Crippen molar-refractivity contribution >= 4 is 18.0 Å². The number of fused-ring (bicyclic) bond motifs is 1. The molecule has 0 aliphatic carbocycles. The molecule has 0 saturated heterocycles. The van der Waals surface area contributed by atoms with E-state index in [1.807, 2.05) is 24.4 Å². The highest BCUT2D eigenvalue weighted by Gasteiger charge is 2.27. The number of aldehydes is 1. The summed E-state index contributed by atoms with van der Waals surface area (Å²) in [6, 6.07) is 4.78. The van der Waals surface area contributed by atoms with Crippen molar-refractivity contribution in [3.63, 3.8) is 0 Å². The third kappa shape index (κ3) is 3.39. The van der Waals surface area contributed by atoms with Crippen molar-refractivity contribution in [2.75, 3.05) is 7.05 Å². The van der Waals surface area contributed by atoms with E-state index in [9.17, 15) is 9.59 Å². The summed E-state index contributed by atoms with van der Waals surface area (Å²) in [6.45, 7) is 5.33. The summed E-state index contributed by atoms with van der Waals surface area (Å²) in [7, 11) is 1.52. The molecule has 1 unspecified atom stereocenters. The average molecular weight is 289 g/mol. The van der Waals surface area contributed by atoms with Crippen molar-refractivity contribution in [3.05, 3.63) is 36.3 Å². The van der Waals surface area contributed by atoms with Crippen molar-refractivity contribution < 1.29 is 14.3 Å². The van der Waals surface area contributed by atoms with Gasteiger partial charge >= 0.3 is 6.09 Å². The van der Waals surface area contributed by atoms with Gasteiger partial charge in [0.05, 0.1) is 5.69 Å². The smallest absolute Gasteiger partial charge is 0.410 e. The number of pyridine rings is 1. The first kappa shape index (κ1) is 15.0. The van der Waals surface area contributed by atoms with Crippen molar-refractivity contribution in [3.8, 4) is 0 Å². The topological polar surface area (TPSA) is 63.9 Å². The lowest BCUT2D eigenvalue weighted by Gasteiger charge is -2.27. The van der Waals surface area contributed by atoms with E-state index in [0.717, 1.165) is 5.65 Å². The third-order valence-electron chi connectivity index (χ3n) is 2.91. The first-order valence-corrected chi connectivity index (χ1v) is 6.66. The zero-order valence-electron chi connectivity index (χ0n) is 12.6. The number of aromatic nitrogens is 2. The Hall–Kier alpha value is -2.37. The minimum absolute atomic E-state index is 0.504. The van der Waals surface area contributed by atoms with Gasteiger partial charge in [0, 0.05) is 19.4 Å². The SMILES string of the molecule is CN(C(=O)OC(C)(C)C)C(C=O)c1cn2ccccc2n1. The predicted molar refractivity (Wildman–Crippen MR) is 78.0 cm³/mol. The van der Waals surface area contributed by atoms with Gasteiger partial charge in [0.2, 0.25) is 0 Å². The maximum absolute atomic E-state index is 12.1. The molecule has 0 aliphatic rings. The van der Waals surface area contributed by atoms with Crippen LogP contribution in [-0.2, 0) is 9.53 Å². The second kappa shape index (κ2) is 5.55. The number of amides is 1. The van der Waals surface area contributed by atoms with Gasteiger partial charge in [-0.3, -0.25) is 4.90 Å². The van der Waals surface area contributed by atoms with Gasteiger partial charge in [-0.25, -0.2) is 9.78 Å². The number of carbonyl (C=O) groups excluding carboxylic acids is 2. The molecule has 0 aromatic carbocycles. The highest BCUT2D eigenvalue weighted by atomic mass is 16.6. The summed E-state index contributed by atoms with van der Waals surface area (Å²) in [5, 5.41) is 0. The minimum atomic E-state index is -0.778. The van der Waals surface area contributed by atoms with Crippen molar-refractivity contribution in [1.29, 1.82) is 0 Å². The van der Waals surface area contributed by atoms with Gasteiger partial charge in [-0.2, -0.15) is 0 Å². The molecular weight excluding hydrogens is 270 g/mol. The monoisotopic (exact) mass is 289 g/mol. The van der Waals surface area contributed by atoms with E-state index in [4.69, 9.17) is 4.74 Å². The van der Waals surface area contributed by atoms with E-state index in [1.54, 1.807) is 31.4 Å². The van der Waals surface area contributed by atoms with Crippen LogP contribution >= 0.6 is 0 Å². The standard InChI is InChI=1S/C15H19N3O3/c1-15(2,3)21-14(20)17(4)12(10-19)11-9-18-8-6-5-7-13(18)16-11/h5-10,12H,1-4H3. The fourth-order valence-corrected chi connectivity index (χ4v) is 1.90. The van der Waals surface area contributed by atoms with Gasteiger partial charge in [0.25, 0.3) is 0 Å². The number of hydrogen-bond acceptors (Lipinski definition) is 4. The van der Waals surface area contributed by atoms with Crippen molar-refractivity contribution in [2.45, 2.75) is 32.4 Å². The zero-order valence-corrected chi connectivity index (χ0v) is 12.6. The van der Waals surface area contributed by atoms with Gasteiger partial charge in [-0.05, 0) is 32.9 Å². The lowest BCUT2D eigenvalue weighted by Crippen LogP contribution is -2.37. The molecule has 2 heterocycles. The average Bonchev–Trinajstić information content (AvgIpc) is 2.80. The lowest BCUT2D eigenvalue weighted by atomic mass is 10.2. The molecule has 6 nitrogen and oxygen atoms in total. The Morgan fingerprint density at radius 2 is 2.14 bits per heavy atom. The Morgan fingerprint density at radius 1 is 1.43 bits per heavy atom. The molecule has 0 fully saturated rings. The molecule has 6 heteroatoms. The van der Waals surface area contributed by atoms with E-state index in [0.29, 0.717) is 12.0 Å². The maximum Gasteiger partial charge on any atom is 0.410 e. The Kier molecular flexibility index (Phi) is 3.97. The molecule has 2 aromatic rings. The number of carbonyl (C=O) groups is 2. The quantitative estimate of drug-likeness (QED) is 0.814. The number of rotatable bonds is 3. The molecule has 112 valence electrons. The maximum atomic E-state index is 12.1. The van der Waals surface area contributed by atoms with Crippen LogP contribution in [0.2, 0.25) is 0 Å². The summed E-state index contributed by atoms with van der Waals surface area (Å²) in [4.78, 5) is 29.1. The molecule has 0 bridgehead atoms. The number of ether oxygens (including phenoxy) is 1. The fraction of sp³-hybridized carbons (Fsp3) is 0.400. The van der Waals surface area contributed by atoms with E-state index in [1.165, 1.54) is 11.9 Å². The summed E-state index contributed by atoms with van der Waals surface area (Å²) in [5.74, 6) is 0. The molecule has 2 aromatic heterocycles. The van der Waals surface area contributed by atoms with Gasteiger partial charge in [-0.15, -0.1) is 0 Å². The normalized spacial score (nSPS) is 13.0. The van der Waals surface area contributed by atoms with Crippen molar-refractivity contribution in [2.24, 2.45) is 0 Å². The van der Waals surface area contributed by atoms with Crippen LogP contribution in [0.3, 0.4) is 0 Å². The zero-order chi connectivity index (χ0) is 15.6. The number of imidazole rings is 1. The molecule has 0 radical (unpaired) electrons. The molecule has 0 saturated carbocycles. The predicted octanol–water partition coefficient (Wildman–Crippen LogP) is 2.44. The largest absolute Gasteiger partial charge is 0.444 e. The number of hydrogen-bond donors (Lipinski definition) is 0. The lowest BCUT2D eigenvalue weighted by molar-refractivity contribution is -0.112. The first-order chi connectivity index (χ1) is 9.81. The first-order valence-electron chi connectivity index (χ1n) is 6.66. The van der Waals surface area contributed by atoms with Crippen LogP contribution in [0.4, 0.5) is 4.79 Å². The van der Waals surface area contributed by atoms with E-state index in [2.05, 4.69) is 4.98 Å². The Morgan fingerprint density at radius 3 is 2.71 bits per heavy atom. The highest BCUT2D eigenvalue weighted by molar-refractivity contribution is 5.74. The van der Waals surface area contributed by atoms with Gasteiger partial charge in [-0.1, -0.05) is 6.07 Å². The summed E-state index contributed by atoms with van der Waals surface area (Å²) in [6.07, 6.45) is 3.69. The van der Waals surface area contributed by atoms with Crippen LogP contribution in [-0.4, -0.2) is 39.3 Å². The molecule has 1 atom stereocenters. The Balaban J connectivity index is 2.26. The second-order valence-corrected chi connectivity index (χ2v) is 5.80. The minimum Gasteiger partial charge on any atom is -0.444 e. The number of nitrogens with zero attached hydrogens (tertiary/aromatic N) is 3. The van der Waals surface area contributed by atoms with Crippen LogP contribution in [0.5, 0.6) is 0 Å². The molecule has 21 heavy (non-hydrogen) atoms. The van der Waals surface area contributed by atoms with Crippen LogP contribution < -0.4 is 0 Å². The van der Waals surface area contributed by atoms with Gasteiger partial charge in [0.1, 0.15) is 23.6 Å². The van der Waals surface area contributed by atoms with E-state index in [-0.39, 0.29) is 0 Å². The molecule has 0 spiro atoms. The van der Waals surface area contributed by atoms with Gasteiger partial charge in [0.15, 0.2) is 0 Å². The Labute approximate surface area is 123 Å². The van der Waals surface area contributed by atoms with Crippen molar-refractivity contribution in [1.82, 2.24) is 14.3 Å². The van der Waals surface area contributed by atoms with Crippen LogP contribution in [0.1, 0.15) is 32.5 Å². The number of likely N-dealkylation sites (N-methyl/N-ethyl adjacent to an activating group) is 1. The molecule has 1 amide bonds. The molecule has 2 rings (SSSR count). The summed E-state index contributed by atoms with van der Waals surface area (Å²) < 4.78 is 7.07. The molecule has 0 N–H and O–H groups in total. The Bertz CT molecular complexity index is 624. The molecule has 0 aliphatic heterocycles.